The number of hydrogen-bond donors (Lipinski definition) is 1. The van der Waals surface area contributed by atoms with Gasteiger partial charge in [0, 0.05) is 12.2 Å². The van der Waals surface area contributed by atoms with Crippen molar-refractivity contribution in [2.45, 2.75) is 64.6 Å². The highest BCUT2D eigenvalue weighted by Crippen LogP contribution is 2.43. The Bertz CT molecular complexity index is 504. The third kappa shape index (κ3) is 2.71. The standard InChI is InChI=1S/C18H27NO/c1-17(2)12-15(18(3,4)20-17)11-13-7-8-16-14(10-13)6-5-9-19-16/h7-8,10,15,19H,5-6,9,11-12H2,1-4H3. The van der Waals surface area contributed by atoms with Crippen LogP contribution in [0, 0.1) is 5.92 Å². The zero-order valence-corrected chi connectivity index (χ0v) is 13.3. The lowest BCUT2D eigenvalue weighted by atomic mass is 9.82. The van der Waals surface area contributed by atoms with Gasteiger partial charge in [0.2, 0.25) is 0 Å². The quantitative estimate of drug-likeness (QED) is 0.872. The molecule has 0 amide bonds. The van der Waals surface area contributed by atoms with Gasteiger partial charge in [-0.1, -0.05) is 12.1 Å². The fourth-order valence-corrected chi connectivity index (χ4v) is 3.93. The summed E-state index contributed by atoms with van der Waals surface area (Å²) in [6, 6.07) is 6.96. The summed E-state index contributed by atoms with van der Waals surface area (Å²) in [7, 11) is 0. The van der Waals surface area contributed by atoms with Crippen molar-refractivity contribution >= 4 is 5.69 Å². The van der Waals surface area contributed by atoms with Crippen molar-refractivity contribution in [1.82, 2.24) is 0 Å². The summed E-state index contributed by atoms with van der Waals surface area (Å²) < 4.78 is 6.22. The summed E-state index contributed by atoms with van der Waals surface area (Å²) >= 11 is 0. The average molecular weight is 273 g/mol. The lowest BCUT2D eigenvalue weighted by molar-refractivity contribution is -0.0744. The Morgan fingerprint density at radius 2 is 2.05 bits per heavy atom. The fourth-order valence-electron chi connectivity index (χ4n) is 3.93. The zero-order chi connectivity index (χ0) is 14.4. The molecule has 1 atom stereocenters. The number of ether oxygens (including phenoxy) is 1. The maximum Gasteiger partial charge on any atom is 0.0666 e. The van der Waals surface area contributed by atoms with Gasteiger partial charge in [0.05, 0.1) is 11.2 Å². The molecule has 1 N–H and O–H groups in total. The van der Waals surface area contributed by atoms with Crippen molar-refractivity contribution in [3.8, 4) is 0 Å². The number of rotatable bonds is 2. The van der Waals surface area contributed by atoms with E-state index >= 15 is 0 Å². The molecule has 2 heteroatoms. The van der Waals surface area contributed by atoms with E-state index in [2.05, 4.69) is 51.2 Å². The number of fused-ring (bicyclic) bond motifs is 1. The molecule has 0 saturated carbocycles. The minimum absolute atomic E-state index is 0.0162. The van der Waals surface area contributed by atoms with Crippen LogP contribution < -0.4 is 5.32 Å². The third-order valence-electron chi connectivity index (χ3n) is 4.85. The van der Waals surface area contributed by atoms with E-state index in [-0.39, 0.29) is 11.2 Å². The van der Waals surface area contributed by atoms with E-state index in [4.69, 9.17) is 4.74 Å². The Morgan fingerprint density at radius 1 is 1.25 bits per heavy atom. The molecule has 0 aliphatic carbocycles. The van der Waals surface area contributed by atoms with E-state index in [1.54, 1.807) is 0 Å². The van der Waals surface area contributed by atoms with Crippen LogP contribution in [-0.2, 0) is 17.6 Å². The summed E-state index contributed by atoms with van der Waals surface area (Å²) in [5, 5.41) is 3.49. The van der Waals surface area contributed by atoms with Crippen LogP contribution in [0.3, 0.4) is 0 Å². The van der Waals surface area contributed by atoms with Crippen molar-refractivity contribution in [2.75, 3.05) is 11.9 Å². The predicted molar refractivity (Wildman–Crippen MR) is 84.3 cm³/mol. The van der Waals surface area contributed by atoms with Crippen LogP contribution >= 0.6 is 0 Å². The van der Waals surface area contributed by atoms with E-state index in [0.717, 1.165) is 19.4 Å². The number of benzene rings is 1. The molecule has 0 radical (unpaired) electrons. The highest BCUT2D eigenvalue weighted by atomic mass is 16.5. The van der Waals surface area contributed by atoms with Crippen LogP contribution in [0.2, 0.25) is 0 Å². The Kier molecular flexibility index (Phi) is 3.32. The largest absolute Gasteiger partial charge is 0.385 e. The van der Waals surface area contributed by atoms with Gasteiger partial charge in [0.1, 0.15) is 0 Å². The first-order valence-electron chi connectivity index (χ1n) is 7.92. The summed E-state index contributed by atoms with van der Waals surface area (Å²) in [5.74, 6) is 0.604. The first kappa shape index (κ1) is 13.9. The second-order valence-electron chi connectivity index (χ2n) is 7.59. The molecule has 0 bridgehead atoms. The second kappa shape index (κ2) is 4.77. The lowest BCUT2D eigenvalue weighted by Crippen LogP contribution is -2.30. The SMILES string of the molecule is CC1(C)CC(Cc2ccc3c(c2)CCCN3)C(C)(C)O1. The Labute approximate surface area is 122 Å². The summed E-state index contributed by atoms with van der Waals surface area (Å²) in [6.45, 7) is 10.0. The molecular weight excluding hydrogens is 246 g/mol. The molecule has 1 saturated heterocycles. The van der Waals surface area contributed by atoms with E-state index in [1.807, 2.05) is 0 Å². The van der Waals surface area contributed by atoms with Gasteiger partial charge in [0.25, 0.3) is 0 Å². The summed E-state index contributed by atoms with van der Waals surface area (Å²) in [4.78, 5) is 0. The van der Waals surface area contributed by atoms with Crippen molar-refractivity contribution < 1.29 is 4.74 Å². The van der Waals surface area contributed by atoms with E-state index < -0.39 is 0 Å². The molecule has 1 aromatic rings. The van der Waals surface area contributed by atoms with Crippen LogP contribution in [0.4, 0.5) is 5.69 Å². The van der Waals surface area contributed by atoms with E-state index in [0.29, 0.717) is 5.92 Å². The van der Waals surface area contributed by atoms with Crippen LogP contribution in [0.25, 0.3) is 0 Å². The molecule has 1 aromatic carbocycles. The van der Waals surface area contributed by atoms with Crippen molar-refractivity contribution in [2.24, 2.45) is 5.92 Å². The molecule has 110 valence electrons. The van der Waals surface area contributed by atoms with Gasteiger partial charge >= 0.3 is 0 Å². The molecule has 2 nitrogen and oxygen atoms in total. The molecule has 3 rings (SSSR count). The normalized spacial score (nSPS) is 26.9. The smallest absolute Gasteiger partial charge is 0.0666 e. The third-order valence-corrected chi connectivity index (χ3v) is 4.85. The van der Waals surface area contributed by atoms with Gasteiger partial charge in [0.15, 0.2) is 0 Å². The van der Waals surface area contributed by atoms with Gasteiger partial charge < -0.3 is 10.1 Å². The van der Waals surface area contributed by atoms with Gasteiger partial charge in [-0.15, -0.1) is 0 Å². The van der Waals surface area contributed by atoms with Crippen molar-refractivity contribution in [1.29, 1.82) is 0 Å². The Morgan fingerprint density at radius 3 is 2.75 bits per heavy atom. The first-order valence-corrected chi connectivity index (χ1v) is 7.92. The van der Waals surface area contributed by atoms with Crippen LogP contribution in [-0.4, -0.2) is 17.7 Å². The van der Waals surface area contributed by atoms with Crippen molar-refractivity contribution in [3.05, 3.63) is 29.3 Å². The predicted octanol–water partition coefficient (Wildman–Crippen LogP) is 4.18. The average Bonchev–Trinajstić information content (AvgIpc) is 2.57. The first-order chi connectivity index (χ1) is 9.36. The maximum atomic E-state index is 6.22. The van der Waals surface area contributed by atoms with E-state index in [1.165, 1.54) is 29.7 Å². The van der Waals surface area contributed by atoms with Crippen LogP contribution in [0.15, 0.2) is 18.2 Å². The van der Waals surface area contributed by atoms with Gasteiger partial charge in [-0.3, -0.25) is 0 Å². The zero-order valence-electron chi connectivity index (χ0n) is 13.3. The molecule has 1 fully saturated rings. The number of nitrogens with one attached hydrogen (secondary N) is 1. The minimum Gasteiger partial charge on any atom is -0.385 e. The highest BCUT2D eigenvalue weighted by Gasteiger charge is 2.45. The van der Waals surface area contributed by atoms with Gasteiger partial charge in [-0.05, 0) is 76.5 Å². The van der Waals surface area contributed by atoms with Crippen LogP contribution in [0.5, 0.6) is 0 Å². The lowest BCUT2D eigenvalue weighted by Gasteiger charge is -2.28. The summed E-state index contributed by atoms with van der Waals surface area (Å²) in [5.41, 5.74) is 4.29. The molecule has 1 unspecified atom stereocenters. The number of aryl methyl sites for hydroxylation is 1. The topological polar surface area (TPSA) is 21.3 Å². The van der Waals surface area contributed by atoms with Gasteiger partial charge in [-0.2, -0.15) is 0 Å². The van der Waals surface area contributed by atoms with E-state index in [9.17, 15) is 0 Å². The van der Waals surface area contributed by atoms with Crippen molar-refractivity contribution in [3.63, 3.8) is 0 Å². The summed E-state index contributed by atoms with van der Waals surface area (Å²) in [6.07, 6.45) is 4.74. The molecule has 2 aliphatic rings. The van der Waals surface area contributed by atoms with Gasteiger partial charge in [-0.25, -0.2) is 0 Å². The second-order valence-corrected chi connectivity index (χ2v) is 7.59. The molecular formula is C18H27NO. The fraction of sp³-hybridized carbons (Fsp3) is 0.667. The molecule has 2 heterocycles. The number of anilines is 1. The molecule has 0 aromatic heterocycles. The number of hydrogen-bond acceptors (Lipinski definition) is 2. The molecule has 0 spiro atoms. The Balaban J connectivity index is 1.78. The molecule has 2 aliphatic heterocycles. The minimum atomic E-state index is -0.0162. The maximum absolute atomic E-state index is 6.22. The molecule has 20 heavy (non-hydrogen) atoms. The van der Waals surface area contributed by atoms with Crippen LogP contribution in [0.1, 0.15) is 51.7 Å². The highest BCUT2D eigenvalue weighted by molar-refractivity contribution is 5.54. The Hall–Kier alpha value is -1.02. The monoisotopic (exact) mass is 273 g/mol.